The molecule has 1 aromatic rings. The first-order valence-corrected chi connectivity index (χ1v) is 4.84. The molecule has 0 spiro atoms. The topological polar surface area (TPSA) is 83.3 Å². The third-order valence-electron chi connectivity index (χ3n) is 2.06. The van der Waals surface area contributed by atoms with E-state index in [1.165, 1.54) is 6.07 Å². The fraction of sp³-hybridized carbons (Fsp3) is 0.500. The average Bonchev–Trinajstić information content (AvgIpc) is 2.65. The number of nitro groups is 1. The van der Waals surface area contributed by atoms with Gasteiger partial charge in [-0.25, -0.2) is 0 Å². The molecule has 1 rings (SSSR count). The molecule has 0 bridgehead atoms. The predicted molar refractivity (Wildman–Crippen MR) is 56.5 cm³/mol. The molecule has 6 nitrogen and oxygen atoms in total. The van der Waals surface area contributed by atoms with Crippen LogP contribution in [0.4, 0.5) is 5.88 Å². The number of hydrogen-bond acceptors (Lipinski definition) is 5. The zero-order valence-corrected chi connectivity index (χ0v) is 9.21. The third kappa shape index (κ3) is 3.37. The van der Waals surface area contributed by atoms with E-state index in [1.54, 1.807) is 6.07 Å². The van der Waals surface area contributed by atoms with Crippen LogP contribution >= 0.6 is 0 Å². The summed E-state index contributed by atoms with van der Waals surface area (Å²) in [6.45, 7) is 2.88. The minimum absolute atomic E-state index is 0.0741. The molecule has 86 valence electrons. The van der Waals surface area contributed by atoms with Gasteiger partial charge in [-0.1, -0.05) is 0 Å². The van der Waals surface area contributed by atoms with Crippen LogP contribution in [0.5, 0.6) is 0 Å². The molecule has 0 radical (unpaired) electrons. The molecular formula is C10H13N3O3. The fourth-order valence-corrected chi connectivity index (χ4v) is 1.39. The Bertz CT molecular complexity index is 408. The van der Waals surface area contributed by atoms with Gasteiger partial charge in [0.15, 0.2) is 0 Å². The van der Waals surface area contributed by atoms with Gasteiger partial charge in [0.1, 0.15) is 10.7 Å². The van der Waals surface area contributed by atoms with Crippen molar-refractivity contribution in [2.24, 2.45) is 5.92 Å². The zero-order chi connectivity index (χ0) is 12.1. The number of rotatable bonds is 5. The van der Waals surface area contributed by atoms with Crippen molar-refractivity contribution < 1.29 is 9.34 Å². The van der Waals surface area contributed by atoms with E-state index in [0.29, 0.717) is 18.8 Å². The molecule has 1 atom stereocenters. The highest BCUT2D eigenvalue weighted by Crippen LogP contribution is 2.16. The van der Waals surface area contributed by atoms with Crippen LogP contribution in [0.1, 0.15) is 12.7 Å². The maximum atomic E-state index is 10.4. The van der Waals surface area contributed by atoms with Gasteiger partial charge in [0.05, 0.1) is 24.6 Å². The van der Waals surface area contributed by atoms with E-state index in [4.69, 9.17) is 9.68 Å². The number of hydrogen-bond donors (Lipinski definition) is 0. The zero-order valence-electron chi connectivity index (χ0n) is 9.21. The third-order valence-corrected chi connectivity index (χ3v) is 2.06. The first-order valence-electron chi connectivity index (χ1n) is 4.84. The van der Waals surface area contributed by atoms with Crippen LogP contribution in [0.3, 0.4) is 0 Å². The standard InChI is InChI=1S/C10H13N3O3/c1-8(5-11)6-12(2)7-9-3-4-10(16-9)13(14)15/h3-4,8H,6-7H2,1-2H3. The summed E-state index contributed by atoms with van der Waals surface area (Å²) in [6, 6.07) is 5.03. The summed E-state index contributed by atoms with van der Waals surface area (Å²) in [5.41, 5.74) is 0. The lowest BCUT2D eigenvalue weighted by Crippen LogP contribution is -2.23. The Morgan fingerprint density at radius 3 is 2.88 bits per heavy atom. The highest BCUT2D eigenvalue weighted by Gasteiger charge is 2.13. The summed E-state index contributed by atoms with van der Waals surface area (Å²) >= 11 is 0. The molecule has 0 N–H and O–H groups in total. The van der Waals surface area contributed by atoms with Crippen LogP contribution < -0.4 is 0 Å². The fourth-order valence-electron chi connectivity index (χ4n) is 1.39. The first kappa shape index (κ1) is 12.2. The minimum atomic E-state index is -0.568. The van der Waals surface area contributed by atoms with Gasteiger partial charge < -0.3 is 4.42 Å². The Balaban J connectivity index is 2.53. The van der Waals surface area contributed by atoms with E-state index in [0.717, 1.165) is 0 Å². The summed E-state index contributed by atoms with van der Waals surface area (Å²) in [6.07, 6.45) is 0. The van der Waals surface area contributed by atoms with Crippen molar-refractivity contribution in [2.75, 3.05) is 13.6 Å². The Morgan fingerprint density at radius 2 is 2.38 bits per heavy atom. The van der Waals surface area contributed by atoms with Crippen LogP contribution in [0, 0.1) is 27.4 Å². The van der Waals surface area contributed by atoms with Gasteiger partial charge in [-0.2, -0.15) is 5.26 Å². The molecule has 0 saturated heterocycles. The Kier molecular flexibility index (Phi) is 4.03. The summed E-state index contributed by atoms with van der Waals surface area (Å²) in [7, 11) is 1.84. The molecule has 16 heavy (non-hydrogen) atoms. The molecule has 0 amide bonds. The van der Waals surface area contributed by atoms with Crippen LogP contribution in [-0.4, -0.2) is 23.4 Å². The quantitative estimate of drug-likeness (QED) is 0.561. The van der Waals surface area contributed by atoms with Crippen molar-refractivity contribution in [3.05, 3.63) is 28.0 Å². The van der Waals surface area contributed by atoms with Gasteiger partial charge in [-0.15, -0.1) is 0 Å². The van der Waals surface area contributed by atoms with E-state index in [9.17, 15) is 10.1 Å². The Morgan fingerprint density at radius 1 is 1.69 bits per heavy atom. The minimum Gasteiger partial charge on any atom is -0.404 e. The van der Waals surface area contributed by atoms with Crippen LogP contribution in [0.25, 0.3) is 0 Å². The van der Waals surface area contributed by atoms with Crippen LogP contribution in [0.15, 0.2) is 16.5 Å². The Labute approximate surface area is 93.2 Å². The second-order valence-electron chi connectivity index (χ2n) is 3.72. The van der Waals surface area contributed by atoms with E-state index in [-0.39, 0.29) is 11.8 Å². The lowest BCUT2D eigenvalue weighted by atomic mass is 10.2. The van der Waals surface area contributed by atoms with Gasteiger partial charge in [0.25, 0.3) is 0 Å². The molecule has 0 aliphatic rings. The summed E-state index contributed by atoms with van der Waals surface area (Å²) in [5, 5.41) is 19.0. The molecule has 1 heterocycles. The molecule has 6 heteroatoms. The monoisotopic (exact) mass is 223 g/mol. The van der Waals surface area contributed by atoms with Gasteiger partial charge in [-0.3, -0.25) is 15.0 Å². The number of furan rings is 1. The van der Waals surface area contributed by atoms with E-state index in [1.807, 2.05) is 18.9 Å². The molecular weight excluding hydrogens is 210 g/mol. The van der Waals surface area contributed by atoms with Gasteiger partial charge in [0, 0.05) is 6.54 Å². The maximum absolute atomic E-state index is 10.4. The molecule has 0 aliphatic carbocycles. The van der Waals surface area contributed by atoms with E-state index in [2.05, 4.69) is 6.07 Å². The molecule has 0 saturated carbocycles. The number of nitriles is 1. The number of nitrogens with zero attached hydrogens (tertiary/aromatic N) is 3. The smallest absolute Gasteiger partial charge is 0.404 e. The SMILES string of the molecule is CC(C#N)CN(C)Cc1ccc([N+](=O)[O-])o1. The van der Waals surface area contributed by atoms with Gasteiger partial charge in [0.2, 0.25) is 0 Å². The summed E-state index contributed by atoms with van der Waals surface area (Å²) in [5.74, 6) is 0.200. The Hall–Kier alpha value is -1.87. The van der Waals surface area contributed by atoms with E-state index < -0.39 is 4.92 Å². The first-order chi connectivity index (χ1) is 7.52. The molecule has 0 aromatic carbocycles. The maximum Gasteiger partial charge on any atom is 0.433 e. The van der Waals surface area contributed by atoms with E-state index >= 15 is 0 Å². The van der Waals surface area contributed by atoms with Crippen molar-refractivity contribution in [3.8, 4) is 6.07 Å². The molecule has 0 aliphatic heterocycles. The summed E-state index contributed by atoms with van der Waals surface area (Å²) in [4.78, 5) is 11.7. The van der Waals surface area contributed by atoms with Crippen molar-refractivity contribution in [2.45, 2.75) is 13.5 Å². The predicted octanol–water partition coefficient (Wildman–Crippen LogP) is 1.78. The molecule has 0 fully saturated rings. The normalized spacial score (nSPS) is 12.4. The van der Waals surface area contributed by atoms with Gasteiger partial charge in [-0.05, 0) is 20.0 Å². The van der Waals surface area contributed by atoms with Gasteiger partial charge >= 0.3 is 5.88 Å². The van der Waals surface area contributed by atoms with Crippen LogP contribution in [-0.2, 0) is 6.54 Å². The lowest BCUT2D eigenvalue weighted by molar-refractivity contribution is -0.402. The second kappa shape index (κ2) is 5.28. The summed E-state index contributed by atoms with van der Waals surface area (Å²) < 4.78 is 5.01. The largest absolute Gasteiger partial charge is 0.433 e. The molecule has 1 unspecified atom stereocenters. The highest BCUT2D eigenvalue weighted by molar-refractivity contribution is 5.17. The van der Waals surface area contributed by atoms with Crippen molar-refractivity contribution in [1.29, 1.82) is 5.26 Å². The van der Waals surface area contributed by atoms with Crippen molar-refractivity contribution in [1.82, 2.24) is 4.90 Å². The second-order valence-corrected chi connectivity index (χ2v) is 3.72. The lowest BCUT2D eigenvalue weighted by Gasteiger charge is -2.15. The highest BCUT2D eigenvalue weighted by atomic mass is 16.6. The van der Waals surface area contributed by atoms with Crippen molar-refractivity contribution in [3.63, 3.8) is 0 Å². The molecule has 1 aromatic heterocycles. The average molecular weight is 223 g/mol. The van der Waals surface area contributed by atoms with Crippen molar-refractivity contribution >= 4 is 5.88 Å². The van der Waals surface area contributed by atoms with Crippen LogP contribution in [0.2, 0.25) is 0 Å².